The molecular weight excluding hydrogens is 471 g/mol. The molecule has 0 bridgehead atoms. The molecule has 0 aliphatic heterocycles. The Bertz CT molecular complexity index is 1000. The van der Waals surface area contributed by atoms with Crippen LogP contribution in [0.1, 0.15) is 32.9 Å². The molecule has 3 aromatic rings. The summed E-state index contributed by atoms with van der Waals surface area (Å²) in [6.45, 7) is 5.91. The van der Waals surface area contributed by atoms with Gasteiger partial charge in [0, 0.05) is 23.3 Å². The molecule has 3 heterocycles. The Morgan fingerprint density at radius 3 is 2.73 bits per heavy atom. The summed E-state index contributed by atoms with van der Waals surface area (Å²) in [6, 6.07) is 8.67. The number of ether oxygens (including phenoxy) is 1. The van der Waals surface area contributed by atoms with Crippen molar-refractivity contribution in [2.75, 3.05) is 11.9 Å². The third-order valence-electron chi connectivity index (χ3n) is 4.76. The largest absolute Gasteiger partial charge is 0.466 e. The number of nitrogens with one attached hydrogen (secondary N) is 1. The normalized spacial score (nSPS) is 12.4. The predicted octanol–water partition coefficient (Wildman–Crippen LogP) is 5.21. The average Bonchev–Trinajstić information content (AvgIpc) is 3.25. The Morgan fingerprint density at radius 2 is 2.10 bits per heavy atom. The van der Waals surface area contributed by atoms with E-state index in [9.17, 15) is 4.79 Å². The first-order chi connectivity index (χ1) is 14.3. The summed E-state index contributed by atoms with van der Waals surface area (Å²) in [4.78, 5) is 25.8. The number of carbonyl (C=O) groups is 1. The summed E-state index contributed by atoms with van der Waals surface area (Å²) in [5.74, 6) is -0.948. The van der Waals surface area contributed by atoms with Crippen molar-refractivity contribution in [3.63, 3.8) is 0 Å². The zero-order valence-electron chi connectivity index (χ0n) is 16.9. The summed E-state index contributed by atoms with van der Waals surface area (Å²) in [5.41, 5.74) is 0.333. The van der Waals surface area contributed by atoms with Crippen molar-refractivity contribution in [3.05, 3.63) is 58.2 Å². The summed E-state index contributed by atoms with van der Waals surface area (Å²) >= 11 is 4.65. The summed E-state index contributed by atoms with van der Waals surface area (Å²) in [5, 5.41) is 4.98. The molecular formula is C21H22BrFN4O2S. The number of thiophene rings is 1. The Kier molecular flexibility index (Phi) is 7.14. The van der Waals surface area contributed by atoms with E-state index in [1.54, 1.807) is 19.2 Å². The van der Waals surface area contributed by atoms with Gasteiger partial charge in [-0.05, 0) is 46.4 Å². The number of aromatic nitrogens is 3. The highest BCUT2D eigenvalue weighted by atomic mass is 79.9. The number of carbonyl (C=O) groups excluding carboxylic acids is 1. The second-order valence-corrected chi connectivity index (χ2v) is 8.78. The van der Waals surface area contributed by atoms with Gasteiger partial charge in [0.05, 0.1) is 17.9 Å². The highest BCUT2D eigenvalue weighted by Gasteiger charge is 2.36. The molecule has 3 aromatic heterocycles. The van der Waals surface area contributed by atoms with E-state index < -0.39 is 17.3 Å². The molecule has 0 saturated heterocycles. The van der Waals surface area contributed by atoms with Gasteiger partial charge in [-0.2, -0.15) is 0 Å². The van der Waals surface area contributed by atoms with E-state index in [2.05, 4.69) is 36.2 Å². The first-order valence-electron chi connectivity index (χ1n) is 9.43. The van der Waals surface area contributed by atoms with Crippen molar-refractivity contribution in [1.29, 1.82) is 0 Å². The number of pyridine rings is 1. The minimum Gasteiger partial charge on any atom is -0.466 e. The van der Waals surface area contributed by atoms with Crippen LogP contribution in [0.4, 0.5) is 10.2 Å². The van der Waals surface area contributed by atoms with Gasteiger partial charge in [-0.25, -0.2) is 14.4 Å². The van der Waals surface area contributed by atoms with Crippen molar-refractivity contribution in [3.8, 4) is 10.6 Å². The predicted molar refractivity (Wildman–Crippen MR) is 119 cm³/mol. The molecule has 0 amide bonds. The minimum atomic E-state index is -0.624. The second-order valence-electron chi connectivity index (χ2n) is 7.12. The molecule has 0 spiro atoms. The molecule has 30 heavy (non-hydrogen) atoms. The van der Waals surface area contributed by atoms with Crippen molar-refractivity contribution in [1.82, 2.24) is 15.0 Å². The van der Waals surface area contributed by atoms with Crippen LogP contribution in [0.2, 0.25) is 0 Å². The molecule has 0 radical (unpaired) electrons. The van der Waals surface area contributed by atoms with Gasteiger partial charge >= 0.3 is 5.97 Å². The Labute approximate surface area is 187 Å². The minimum absolute atomic E-state index is 0.0126. The molecule has 3 rings (SSSR count). The maximum atomic E-state index is 15.3. The van der Waals surface area contributed by atoms with Gasteiger partial charge in [0.15, 0.2) is 16.4 Å². The first kappa shape index (κ1) is 22.3. The summed E-state index contributed by atoms with van der Waals surface area (Å²) < 4.78 is 20.7. The fourth-order valence-electron chi connectivity index (χ4n) is 3.05. The van der Waals surface area contributed by atoms with Gasteiger partial charge in [-0.3, -0.25) is 9.78 Å². The molecule has 0 saturated carbocycles. The number of esters is 1. The number of hydrogen-bond donors (Lipinski definition) is 1. The molecule has 6 nitrogen and oxygen atoms in total. The van der Waals surface area contributed by atoms with Crippen molar-refractivity contribution < 1.29 is 13.9 Å². The zero-order chi connectivity index (χ0) is 21.7. The van der Waals surface area contributed by atoms with Gasteiger partial charge < -0.3 is 10.1 Å². The maximum absolute atomic E-state index is 15.3. The van der Waals surface area contributed by atoms with E-state index in [1.165, 1.54) is 11.3 Å². The molecule has 0 aromatic carbocycles. The zero-order valence-corrected chi connectivity index (χ0v) is 19.3. The van der Waals surface area contributed by atoms with Crippen LogP contribution in [0.25, 0.3) is 10.6 Å². The first-order valence-corrected chi connectivity index (χ1v) is 11.1. The van der Waals surface area contributed by atoms with Crippen LogP contribution in [-0.4, -0.2) is 33.6 Å². The van der Waals surface area contributed by atoms with Crippen LogP contribution in [-0.2, 0) is 14.9 Å². The van der Waals surface area contributed by atoms with E-state index in [0.29, 0.717) is 4.88 Å². The van der Waals surface area contributed by atoms with E-state index in [0.717, 1.165) is 5.69 Å². The lowest BCUT2D eigenvalue weighted by Gasteiger charge is -2.34. The van der Waals surface area contributed by atoms with Gasteiger partial charge in [-0.1, -0.05) is 26.0 Å². The van der Waals surface area contributed by atoms with Crippen LogP contribution < -0.4 is 5.32 Å². The molecule has 0 aliphatic rings. The summed E-state index contributed by atoms with van der Waals surface area (Å²) in [6.07, 6.45) is 1.71. The van der Waals surface area contributed by atoms with E-state index in [4.69, 9.17) is 4.74 Å². The maximum Gasteiger partial charge on any atom is 0.307 e. The van der Waals surface area contributed by atoms with Crippen LogP contribution in [0.5, 0.6) is 0 Å². The van der Waals surface area contributed by atoms with Crippen molar-refractivity contribution in [2.45, 2.75) is 38.6 Å². The van der Waals surface area contributed by atoms with Crippen LogP contribution in [0.3, 0.4) is 0 Å². The average molecular weight is 493 g/mol. The number of halogens is 2. The lowest BCUT2D eigenvalue weighted by Crippen LogP contribution is -2.42. The third kappa shape index (κ3) is 5.02. The SMILES string of the molecule is CCOC(=O)CC(Nc1nc(Br)nc(-c2cccs2)c1F)C(C)(C)c1ccccn1. The van der Waals surface area contributed by atoms with Crippen LogP contribution in [0.15, 0.2) is 46.6 Å². The lowest BCUT2D eigenvalue weighted by atomic mass is 9.79. The Balaban J connectivity index is 2.00. The highest BCUT2D eigenvalue weighted by molar-refractivity contribution is 9.10. The number of nitrogens with zero attached hydrogens (tertiary/aromatic N) is 3. The van der Waals surface area contributed by atoms with E-state index in [-0.39, 0.29) is 35.2 Å². The fraction of sp³-hybridized carbons (Fsp3) is 0.333. The van der Waals surface area contributed by atoms with Crippen LogP contribution >= 0.6 is 27.3 Å². The molecule has 1 unspecified atom stereocenters. The number of hydrogen-bond acceptors (Lipinski definition) is 7. The fourth-order valence-corrected chi connectivity index (χ4v) is 4.12. The summed E-state index contributed by atoms with van der Waals surface area (Å²) in [7, 11) is 0. The molecule has 158 valence electrons. The van der Waals surface area contributed by atoms with E-state index in [1.807, 2.05) is 43.5 Å². The number of rotatable bonds is 8. The molecule has 0 aliphatic carbocycles. The highest BCUT2D eigenvalue weighted by Crippen LogP contribution is 2.34. The smallest absolute Gasteiger partial charge is 0.307 e. The van der Waals surface area contributed by atoms with E-state index >= 15 is 4.39 Å². The number of anilines is 1. The third-order valence-corrected chi connectivity index (χ3v) is 5.99. The molecule has 1 atom stereocenters. The van der Waals surface area contributed by atoms with Gasteiger partial charge in [0.2, 0.25) is 0 Å². The van der Waals surface area contributed by atoms with Crippen LogP contribution in [0, 0.1) is 5.82 Å². The monoisotopic (exact) mass is 492 g/mol. The van der Waals surface area contributed by atoms with Gasteiger partial charge in [0.25, 0.3) is 0 Å². The standard InChI is InChI=1S/C21H22BrFN4O2S/c1-4-29-16(28)12-15(21(2,3)14-9-5-6-10-24-14)25-19-17(23)18(26-20(22)27-19)13-8-7-11-30-13/h5-11,15H,4,12H2,1-3H3,(H,25,26,27). The Morgan fingerprint density at radius 1 is 1.30 bits per heavy atom. The topological polar surface area (TPSA) is 77.0 Å². The van der Waals surface area contributed by atoms with Gasteiger partial charge in [0.1, 0.15) is 5.69 Å². The molecule has 0 fully saturated rings. The second kappa shape index (κ2) is 9.61. The molecule has 1 N–H and O–H groups in total. The van der Waals surface area contributed by atoms with Crippen molar-refractivity contribution >= 4 is 39.1 Å². The van der Waals surface area contributed by atoms with Gasteiger partial charge in [-0.15, -0.1) is 11.3 Å². The van der Waals surface area contributed by atoms with Crippen molar-refractivity contribution in [2.24, 2.45) is 0 Å². The quantitative estimate of drug-likeness (QED) is 0.343. The Hall–Kier alpha value is -2.39. The lowest BCUT2D eigenvalue weighted by molar-refractivity contribution is -0.143. The molecule has 9 heteroatoms.